The smallest absolute Gasteiger partial charge is 0.225 e. The van der Waals surface area contributed by atoms with Crippen LogP contribution in [0.2, 0.25) is 0 Å². The van der Waals surface area contributed by atoms with Gasteiger partial charge in [-0.2, -0.15) is 4.37 Å². The van der Waals surface area contributed by atoms with E-state index < -0.39 is 0 Å². The van der Waals surface area contributed by atoms with Crippen LogP contribution >= 0.6 is 11.5 Å². The van der Waals surface area contributed by atoms with Crippen LogP contribution in [-0.4, -0.2) is 28.4 Å². The van der Waals surface area contributed by atoms with Crippen LogP contribution in [0.15, 0.2) is 54.6 Å². The normalized spacial score (nSPS) is 16.6. The fourth-order valence-corrected chi connectivity index (χ4v) is 4.24. The van der Waals surface area contributed by atoms with Crippen LogP contribution in [0, 0.1) is 11.7 Å². The monoisotopic (exact) mass is 410 g/mol. The maximum Gasteiger partial charge on any atom is 0.225 e. The largest absolute Gasteiger partial charge is 0.352 e. The first-order valence-electron chi connectivity index (χ1n) is 9.81. The van der Waals surface area contributed by atoms with Crippen LogP contribution < -0.4 is 10.2 Å². The molecule has 0 radical (unpaired) electrons. The third-order valence-electron chi connectivity index (χ3n) is 5.11. The van der Waals surface area contributed by atoms with Crippen molar-refractivity contribution in [1.29, 1.82) is 0 Å². The van der Waals surface area contributed by atoms with E-state index in [-0.39, 0.29) is 17.6 Å². The van der Waals surface area contributed by atoms with Gasteiger partial charge in [0.05, 0.1) is 5.92 Å². The number of nitrogens with one attached hydrogen (secondary N) is 1. The Morgan fingerprint density at radius 1 is 1.14 bits per heavy atom. The maximum absolute atomic E-state index is 13.0. The Labute approximate surface area is 173 Å². The predicted octanol–water partition coefficient (Wildman–Crippen LogP) is 3.80. The molecule has 0 aliphatic carbocycles. The summed E-state index contributed by atoms with van der Waals surface area (Å²) in [7, 11) is 0. The van der Waals surface area contributed by atoms with Gasteiger partial charge in [-0.1, -0.05) is 42.5 Å². The molecular weight excluding hydrogens is 387 g/mol. The first kappa shape index (κ1) is 19.5. The third kappa shape index (κ3) is 5.17. The molecule has 0 spiro atoms. The molecule has 1 atom stereocenters. The van der Waals surface area contributed by atoms with Gasteiger partial charge >= 0.3 is 0 Å². The van der Waals surface area contributed by atoms with Crippen LogP contribution in [0.25, 0.3) is 0 Å². The molecule has 1 N–H and O–H groups in total. The van der Waals surface area contributed by atoms with Crippen molar-refractivity contribution in [3.63, 3.8) is 0 Å². The van der Waals surface area contributed by atoms with Crippen molar-refractivity contribution in [3.05, 3.63) is 77.4 Å². The van der Waals surface area contributed by atoms with Gasteiger partial charge < -0.3 is 10.2 Å². The highest BCUT2D eigenvalue weighted by Gasteiger charge is 2.27. The lowest BCUT2D eigenvalue weighted by molar-refractivity contribution is -0.125. The molecule has 1 aliphatic heterocycles. The zero-order chi connectivity index (χ0) is 20.1. The Morgan fingerprint density at radius 2 is 1.93 bits per heavy atom. The number of anilines is 1. The van der Waals surface area contributed by atoms with Gasteiger partial charge in [-0.25, -0.2) is 9.37 Å². The zero-order valence-corrected chi connectivity index (χ0v) is 16.9. The predicted molar refractivity (Wildman–Crippen MR) is 112 cm³/mol. The second-order valence-electron chi connectivity index (χ2n) is 7.28. The van der Waals surface area contributed by atoms with E-state index >= 15 is 0 Å². The molecule has 1 aliphatic rings. The summed E-state index contributed by atoms with van der Waals surface area (Å²) in [4.78, 5) is 19.5. The van der Waals surface area contributed by atoms with Gasteiger partial charge in [0, 0.05) is 37.6 Å². The van der Waals surface area contributed by atoms with E-state index in [1.54, 1.807) is 12.1 Å². The summed E-state index contributed by atoms with van der Waals surface area (Å²) in [6, 6.07) is 16.4. The van der Waals surface area contributed by atoms with E-state index in [0.29, 0.717) is 19.5 Å². The van der Waals surface area contributed by atoms with Crippen molar-refractivity contribution in [1.82, 2.24) is 14.7 Å². The number of amides is 1. The number of halogens is 1. The first-order valence-corrected chi connectivity index (χ1v) is 10.6. The lowest BCUT2D eigenvalue weighted by Gasteiger charge is -2.31. The quantitative estimate of drug-likeness (QED) is 0.672. The molecule has 2 aromatic carbocycles. The SMILES string of the molecule is O=C(NCc1ccc(F)cc1)[C@H]1CCCN(c2nc(Cc3ccccc3)ns2)C1. The van der Waals surface area contributed by atoms with Crippen LogP contribution in [-0.2, 0) is 17.8 Å². The van der Waals surface area contributed by atoms with Crippen molar-refractivity contribution in [2.45, 2.75) is 25.8 Å². The second kappa shape index (κ2) is 9.13. The molecule has 29 heavy (non-hydrogen) atoms. The number of aromatic nitrogens is 2. The van der Waals surface area contributed by atoms with E-state index in [1.807, 2.05) is 18.2 Å². The fourth-order valence-electron chi connectivity index (χ4n) is 3.52. The van der Waals surface area contributed by atoms with Crippen LogP contribution in [0.4, 0.5) is 9.52 Å². The highest BCUT2D eigenvalue weighted by Crippen LogP contribution is 2.25. The summed E-state index contributed by atoms with van der Waals surface area (Å²) in [6.07, 6.45) is 2.52. The number of rotatable bonds is 6. The van der Waals surface area contributed by atoms with Gasteiger partial charge in [0.15, 0.2) is 0 Å². The molecule has 5 nitrogen and oxygen atoms in total. The maximum atomic E-state index is 13.0. The minimum absolute atomic E-state index is 0.0352. The summed E-state index contributed by atoms with van der Waals surface area (Å²) in [5, 5.41) is 3.86. The summed E-state index contributed by atoms with van der Waals surface area (Å²) < 4.78 is 17.5. The van der Waals surface area contributed by atoms with Crippen molar-refractivity contribution in [2.75, 3.05) is 18.0 Å². The topological polar surface area (TPSA) is 58.1 Å². The van der Waals surface area contributed by atoms with Gasteiger partial charge in [-0.3, -0.25) is 4.79 Å². The third-order valence-corrected chi connectivity index (χ3v) is 5.92. The summed E-state index contributed by atoms with van der Waals surface area (Å²) in [5.74, 6) is 0.504. The average Bonchev–Trinajstić information content (AvgIpc) is 3.22. The van der Waals surface area contributed by atoms with Gasteiger partial charge in [0.1, 0.15) is 11.6 Å². The van der Waals surface area contributed by atoms with Crippen molar-refractivity contribution < 1.29 is 9.18 Å². The van der Waals surface area contributed by atoms with Crippen LogP contribution in [0.3, 0.4) is 0 Å². The fraction of sp³-hybridized carbons (Fsp3) is 0.318. The molecule has 1 saturated heterocycles. The van der Waals surface area contributed by atoms with E-state index in [2.05, 4.69) is 26.7 Å². The Bertz CT molecular complexity index is 945. The molecule has 1 aromatic heterocycles. The Morgan fingerprint density at radius 3 is 2.72 bits per heavy atom. The van der Waals surface area contributed by atoms with E-state index in [9.17, 15) is 9.18 Å². The number of piperidine rings is 1. The van der Waals surface area contributed by atoms with Crippen molar-refractivity contribution >= 4 is 22.6 Å². The minimum Gasteiger partial charge on any atom is -0.352 e. The lowest BCUT2D eigenvalue weighted by atomic mass is 9.97. The summed E-state index contributed by atoms with van der Waals surface area (Å²) >= 11 is 1.40. The number of carbonyl (C=O) groups is 1. The Hall–Kier alpha value is -2.80. The zero-order valence-electron chi connectivity index (χ0n) is 16.1. The minimum atomic E-state index is -0.272. The highest BCUT2D eigenvalue weighted by atomic mass is 32.1. The average molecular weight is 411 g/mol. The first-order chi connectivity index (χ1) is 14.2. The van der Waals surface area contributed by atoms with Gasteiger partial charge in [-0.05, 0) is 36.1 Å². The lowest BCUT2D eigenvalue weighted by Crippen LogP contribution is -2.43. The van der Waals surface area contributed by atoms with Crippen molar-refractivity contribution in [3.8, 4) is 0 Å². The Balaban J connectivity index is 1.33. The number of hydrogen-bond donors (Lipinski definition) is 1. The second-order valence-corrected chi connectivity index (χ2v) is 8.02. The molecule has 1 amide bonds. The molecule has 1 fully saturated rings. The molecular formula is C22H23FN4OS. The molecule has 3 aromatic rings. The number of hydrogen-bond acceptors (Lipinski definition) is 5. The van der Waals surface area contributed by atoms with Crippen LogP contribution in [0.5, 0.6) is 0 Å². The Kier molecular flexibility index (Phi) is 6.14. The summed E-state index contributed by atoms with van der Waals surface area (Å²) in [6.45, 7) is 1.95. The van der Waals surface area contributed by atoms with E-state index in [1.165, 1.54) is 29.2 Å². The van der Waals surface area contributed by atoms with E-state index in [0.717, 1.165) is 35.9 Å². The molecule has 2 heterocycles. The molecule has 0 unspecified atom stereocenters. The van der Waals surface area contributed by atoms with Gasteiger partial charge in [0.25, 0.3) is 0 Å². The molecule has 4 rings (SSSR count). The standard InChI is InChI=1S/C22H23FN4OS/c23-19-10-8-17(9-11-19)14-24-21(28)18-7-4-12-27(15-18)22-25-20(26-29-22)13-16-5-2-1-3-6-16/h1-3,5-6,8-11,18H,4,7,12-15H2,(H,24,28)/t18-/m0/s1. The molecule has 150 valence electrons. The van der Waals surface area contributed by atoms with Gasteiger partial charge in [-0.15, -0.1) is 0 Å². The summed E-state index contributed by atoms with van der Waals surface area (Å²) in [5.41, 5.74) is 2.08. The molecule has 0 saturated carbocycles. The number of nitrogens with zero attached hydrogens (tertiary/aromatic N) is 3. The molecule has 0 bridgehead atoms. The number of carbonyl (C=O) groups excluding carboxylic acids is 1. The van der Waals surface area contributed by atoms with Crippen LogP contribution in [0.1, 0.15) is 29.8 Å². The number of benzene rings is 2. The highest BCUT2D eigenvalue weighted by molar-refractivity contribution is 7.09. The molecule has 7 heteroatoms. The van der Waals surface area contributed by atoms with Crippen molar-refractivity contribution in [2.24, 2.45) is 5.92 Å². The van der Waals surface area contributed by atoms with Gasteiger partial charge in [0.2, 0.25) is 11.0 Å². The van der Waals surface area contributed by atoms with E-state index in [4.69, 9.17) is 4.98 Å².